The van der Waals surface area contributed by atoms with Gasteiger partial charge in [-0.15, -0.1) is 35.3 Å². The summed E-state index contributed by atoms with van der Waals surface area (Å²) < 4.78 is 5.10. The highest BCUT2D eigenvalue weighted by atomic mass is 127. The lowest BCUT2D eigenvalue weighted by atomic mass is 10.1. The first kappa shape index (κ1) is 24.2. The predicted octanol–water partition coefficient (Wildman–Crippen LogP) is 3.46. The average Bonchev–Trinajstić information content (AvgIpc) is 3.24. The fraction of sp³-hybridized carbons (Fsp3) is 0.400. The Hall–Kier alpha value is -1.81. The van der Waals surface area contributed by atoms with Crippen molar-refractivity contribution in [3.63, 3.8) is 0 Å². The van der Waals surface area contributed by atoms with Crippen LogP contribution < -0.4 is 20.7 Å². The number of amides is 1. The first-order chi connectivity index (χ1) is 13.1. The molecule has 1 unspecified atom stereocenters. The second kappa shape index (κ2) is 13.4. The third-order valence-corrected chi connectivity index (χ3v) is 5.06. The molecule has 0 spiro atoms. The highest BCUT2D eigenvalue weighted by molar-refractivity contribution is 14.0. The molecule has 1 amide bonds. The Morgan fingerprint density at radius 2 is 1.86 bits per heavy atom. The van der Waals surface area contributed by atoms with Crippen LogP contribution in [0.15, 0.2) is 46.8 Å². The van der Waals surface area contributed by atoms with E-state index in [0.29, 0.717) is 31.1 Å². The molecule has 1 aromatic heterocycles. The van der Waals surface area contributed by atoms with Crippen LogP contribution >= 0.6 is 35.3 Å². The number of hydrogen-bond donors (Lipinski definition) is 3. The molecule has 1 atom stereocenters. The molecule has 28 heavy (non-hydrogen) atoms. The summed E-state index contributed by atoms with van der Waals surface area (Å²) in [6, 6.07) is 11.3. The summed E-state index contributed by atoms with van der Waals surface area (Å²) in [5.74, 6) is 1.78. The summed E-state index contributed by atoms with van der Waals surface area (Å²) in [6.45, 7) is 6.82. The maximum Gasteiger partial charge on any atom is 0.251 e. The molecule has 1 heterocycles. The van der Waals surface area contributed by atoms with E-state index in [0.717, 1.165) is 18.3 Å². The number of thiophene rings is 1. The molecule has 0 radical (unpaired) electrons. The van der Waals surface area contributed by atoms with Crippen molar-refractivity contribution < 1.29 is 9.53 Å². The van der Waals surface area contributed by atoms with Gasteiger partial charge in [0, 0.05) is 36.0 Å². The van der Waals surface area contributed by atoms with E-state index in [1.165, 1.54) is 4.88 Å². The van der Waals surface area contributed by atoms with Gasteiger partial charge in [0.15, 0.2) is 5.96 Å². The monoisotopic (exact) mass is 516 g/mol. The fourth-order valence-electron chi connectivity index (χ4n) is 2.43. The van der Waals surface area contributed by atoms with Gasteiger partial charge in [-0.3, -0.25) is 9.79 Å². The maximum absolute atomic E-state index is 12.1. The van der Waals surface area contributed by atoms with Gasteiger partial charge in [-0.2, -0.15) is 0 Å². The van der Waals surface area contributed by atoms with Crippen LogP contribution in [0.2, 0.25) is 0 Å². The largest absolute Gasteiger partial charge is 0.497 e. The number of nitrogens with zero attached hydrogens (tertiary/aromatic N) is 1. The lowest BCUT2D eigenvalue weighted by molar-refractivity contribution is 0.0954. The van der Waals surface area contributed by atoms with Gasteiger partial charge in [-0.25, -0.2) is 0 Å². The van der Waals surface area contributed by atoms with Gasteiger partial charge in [0.2, 0.25) is 0 Å². The van der Waals surface area contributed by atoms with Gasteiger partial charge in [-0.1, -0.05) is 13.0 Å². The van der Waals surface area contributed by atoms with Crippen molar-refractivity contribution in [2.24, 2.45) is 4.99 Å². The van der Waals surface area contributed by atoms with E-state index < -0.39 is 0 Å². The molecule has 8 heteroatoms. The number of hydrogen-bond acceptors (Lipinski definition) is 4. The standard InChI is InChI=1S/C20H28N4O2S.HI/c1-4-21-20(24-14-15(2)18-6-5-13-27-18)23-12-11-22-19(25)16-7-9-17(26-3)10-8-16;/h5-10,13,15H,4,11-12,14H2,1-3H3,(H,22,25)(H2,21,23,24);1H. The van der Waals surface area contributed by atoms with E-state index in [9.17, 15) is 4.79 Å². The molecule has 1 aromatic carbocycles. The van der Waals surface area contributed by atoms with Crippen molar-refractivity contribution in [1.82, 2.24) is 16.0 Å². The van der Waals surface area contributed by atoms with Crippen molar-refractivity contribution in [3.8, 4) is 5.75 Å². The third-order valence-electron chi connectivity index (χ3n) is 3.95. The van der Waals surface area contributed by atoms with Crippen LogP contribution in [0.4, 0.5) is 0 Å². The first-order valence-electron chi connectivity index (χ1n) is 9.11. The lowest BCUT2D eigenvalue weighted by Crippen LogP contribution is -2.41. The minimum atomic E-state index is -0.104. The van der Waals surface area contributed by atoms with Crippen LogP contribution in [0.5, 0.6) is 5.75 Å². The van der Waals surface area contributed by atoms with E-state index in [-0.39, 0.29) is 29.9 Å². The molecule has 0 aliphatic heterocycles. The summed E-state index contributed by atoms with van der Waals surface area (Å²) >= 11 is 1.76. The van der Waals surface area contributed by atoms with Gasteiger partial charge < -0.3 is 20.7 Å². The Kier molecular flexibility index (Phi) is 11.6. The van der Waals surface area contributed by atoms with Crippen LogP contribution in [-0.2, 0) is 0 Å². The molecule has 154 valence electrons. The molecule has 2 rings (SSSR count). The van der Waals surface area contributed by atoms with Gasteiger partial charge in [0.1, 0.15) is 5.75 Å². The molecular weight excluding hydrogens is 487 g/mol. The minimum Gasteiger partial charge on any atom is -0.497 e. The van der Waals surface area contributed by atoms with E-state index in [2.05, 4.69) is 45.4 Å². The number of ether oxygens (including phenoxy) is 1. The number of carbonyl (C=O) groups excluding carboxylic acids is 1. The normalized spacial score (nSPS) is 11.9. The minimum absolute atomic E-state index is 0. The smallest absolute Gasteiger partial charge is 0.251 e. The number of rotatable bonds is 9. The van der Waals surface area contributed by atoms with Crippen LogP contribution in [0.25, 0.3) is 0 Å². The topological polar surface area (TPSA) is 74.8 Å². The third kappa shape index (κ3) is 8.05. The van der Waals surface area contributed by atoms with Gasteiger partial charge in [0.05, 0.1) is 13.7 Å². The number of aliphatic imine (C=N–C) groups is 1. The molecule has 2 aromatic rings. The average molecular weight is 516 g/mol. The Morgan fingerprint density at radius 3 is 2.46 bits per heavy atom. The molecule has 0 bridgehead atoms. The van der Waals surface area contributed by atoms with Crippen molar-refractivity contribution in [2.75, 3.05) is 33.3 Å². The van der Waals surface area contributed by atoms with E-state index in [1.807, 2.05) is 6.92 Å². The molecule has 3 N–H and O–H groups in total. The van der Waals surface area contributed by atoms with E-state index in [4.69, 9.17) is 4.74 Å². The predicted molar refractivity (Wildman–Crippen MR) is 127 cm³/mol. The van der Waals surface area contributed by atoms with Crippen molar-refractivity contribution in [1.29, 1.82) is 0 Å². The fourth-order valence-corrected chi connectivity index (χ4v) is 3.21. The number of methoxy groups -OCH3 is 1. The van der Waals surface area contributed by atoms with Gasteiger partial charge >= 0.3 is 0 Å². The van der Waals surface area contributed by atoms with Gasteiger partial charge in [0.25, 0.3) is 5.91 Å². The molecule has 0 aliphatic rings. The SMILES string of the molecule is CCNC(=NCC(C)c1cccs1)NCCNC(=O)c1ccc(OC)cc1.I. The van der Waals surface area contributed by atoms with Crippen LogP contribution in [0.1, 0.15) is 35.0 Å². The second-order valence-electron chi connectivity index (χ2n) is 6.05. The molecule has 0 saturated carbocycles. The van der Waals surface area contributed by atoms with E-state index in [1.54, 1.807) is 42.7 Å². The van der Waals surface area contributed by atoms with Crippen molar-refractivity contribution >= 4 is 47.2 Å². The van der Waals surface area contributed by atoms with Crippen molar-refractivity contribution in [2.45, 2.75) is 19.8 Å². The number of guanidine groups is 1. The summed E-state index contributed by atoms with van der Waals surface area (Å²) in [4.78, 5) is 18.1. The Morgan fingerprint density at radius 1 is 1.14 bits per heavy atom. The van der Waals surface area contributed by atoms with Crippen LogP contribution in [-0.4, -0.2) is 45.2 Å². The zero-order valence-corrected chi connectivity index (χ0v) is 19.7. The zero-order chi connectivity index (χ0) is 19.5. The Balaban J connectivity index is 0.00000392. The molecule has 0 fully saturated rings. The molecule has 0 aliphatic carbocycles. The Bertz CT molecular complexity index is 720. The van der Waals surface area contributed by atoms with Crippen molar-refractivity contribution in [3.05, 3.63) is 52.2 Å². The number of halogens is 1. The number of nitrogens with one attached hydrogen (secondary N) is 3. The maximum atomic E-state index is 12.1. The first-order valence-corrected chi connectivity index (χ1v) is 9.99. The molecule has 6 nitrogen and oxygen atoms in total. The molecular formula is C20H29IN4O2S. The van der Waals surface area contributed by atoms with Crippen LogP contribution in [0.3, 0.4) is 0 Å². The highest BCUT2D eigenvalue weighted by Crippen LogP contribution is 2.20. The summed E-state index contributed by atoms with van der Waals surface area (Å²) in [5, 5.41) is 11.5. The van der Waals surface area contributed by atoms with Crippen LogP contribution in [0, 0.1) is 0 Å². The quantitative estimate of drug-likeness (QED) is 0.207. The molecule has 0 saturated heterocycles. The Labute approximate surface area is 188 Å². The number of benzene rings is 1. The zero-order valence-electron chi connectivity index (χ0n) is 16.5. The lowest BCUT2D eigenvalue weighted by Gasteiger charge is -2.13. The second-order valence-corrected chi connectivity index (χ2v) is 7.03. The summed E-state index contributed by atoms with van der Waals surface area (Å²) in [6.07, 6.45) is 0. The number of carbonyl (C=O) groups is 1. The summed E-state index contributed by atoms with van der Waals surface area (Å²) in [7, 11) is 1.60. The highest BCUT2D eigenvalue weighted by Gasteiger charge is 2.07. The van der Waals surface area contributed by atoms with E-state index >= 15 is 0 Å². The summed E-state index contributed by atoms with van der Waals surface area (Å²) in [5.41, 5.74) is 0.612. The van der Waals surface area contributed by atoms with Gasteiger partial charge in [-0.05, 0) is 42.6 Å².